The highest BCUT2D eigenvalue weighted by molar-refractivity contribution is 5.85. The minimum Gasteiger partial charge on any atom is -0.336 e. The van der Waals surface area contributed by atoms with Gasteiger partial charge in [0.25, 0.3) is 0 Å². The first-order valence-corrected chi connectivity index (χ1v) is 9.81. The quantitative estimate of drug-likeness (QED) is 0.801. The minimum absolute atomic E-state index is 0.0771. The van der Waals surface area contributed by atoms with Crippen molar-refractivity contribution in [1.29, 1.82) is 0 Å². The maximum Gasteiger partial charge on any atom is 0.228 e. The summed E-state index contributed by atoms with van der Waals surface area (Å²) in [6.45, 7) is 6.52. The lowest BCUT2D eigenvalue weighted by Crippen LogP contribution is -2.56. The van der Waals surface area contributed by atoms with E-state index in [1.165, 1.54) is 17.7 Å². The Morgan fingerprint density at radius 1 is 1.07 bits per heavy atom. The number of nitrogens with zero attached hydrogens (tertiary/aromatic N) is 2. The SMILES string of the molecule is C[C@@H]1CN(Cc2ccccc2)[C@@H](c2ccc(F)cc2)CN1C(=O)C1(C)CC1. The molecule has 1 heterocycles. The Labute approximate surface area is 160 Å². The van der Waals surface area contributed by atoms with Crippen LogP contribution in [0.15, 0.2) is 54.6 Å². The maximum absolute atomic E-state index is 13.5. The number of hydrogen-bond donors (Lipinski definition) is 0. The van der Waals surface area contributed by atoms with Gasteiger partial charge in [0, 0.05) is 31.1 Å². The third-order valence-electron chi connectivity index (χ3n) is 6.10. The molecule has 0 N–H and O–H groups in total. The van der Waals surface area contributed by atoms with Gasteiger partial charge < -0.3 is 4.90 Å². The predicted molar refractivity (Wildman–Crippen MR) is 105 cm³/mol. The number of carbonyl (C=O) groups is 1. The number of halogens is 1. The van der Waals surface area contributed by atoms with Crippen molar-refractivity contribution in [2.45, 2.75) is 45.3 Å². The zero-order valence-corrected chi connectivity index (χ0v) is 16.1. The summed E-state index contributed by atoms with van der Waals surface area (Å²) in [6.07, 6.45) is 1.98. The molecule has 1 amide bonds. The van der Waals surface area contributed by atoms with Gasteiger partial charge in [-0.25, -0.2) is 4.39 Å². The molecular formula is C23H27FN2O. The monoisotopic (exact) mass is 366 g/mol. The van der Waals surface area contributed by atoms with Crippen LogP contribution in [-0.4, -0.2) is 34.8 Å². The van der Waals surface area contributed by atoms with Crippen molar-refractivity contribution in [3.05, 3.63) is 71.5 Å². The zero-order chi connectivity index (χ0) is 19.0. The fraction of sp³-hybridized carbons (Fsp3) is 0.435. The van der Waals surface area contributed by atoms with E-state index in [-0.39, 0.29) is 29.2 Å². The average molecular weight is 366 g/mol. The molecule has 2 aliphatic rings. The number of rotatable bonds is 4. The molecule has 1 saturated heterocycles. The largest absolute Gasteiger partial charge is 0.336 e. The number of carbonyl (C=O) groups excluding carboxylic acids is 1. The summed E-state index contributed by atoms with van der Waals surface area (Å²) >= 11 is 0. The van der Waals surface area contributed by atoms with Gasteiger partial charge in [0.2, 0.25) is 5.91 Å². The van der Waals surface area contributed by atoms with E-state index in [1.54, 1.807) is 0 Å². The average Bonchev–Trinajstić information content (AvgIpc) is 3.42. The molecule has 142 valence electrons. The Hall–Kier alpha value is -2.20. The molecule has 3 nitrogen and oxygen atoms in total. The summed E-state index contributed by atoms with van der Waals surface area (Å²) in [5, 5.41) is 0. The van der Waals surface area contributed by atoms with Gasteiger partial charge in [-0.2, -0.15) is 0 Å². The standard InChI is InChI=1S/C23H27FN2O/c1-17-14-25(15-18-6-4-3-5-7-18)21(19-8-10-20(24)11-9-19)16-26(17)22(27)23(2)12-13-23/h3-11,17,21H,12-16H2,1-2H3/t17-,21-/m1/s1. The first-order chi connectivity index (χ1) is 13.0. The van der Waals surface area contributed by atoms with Crippen molar-refractivity contribution < 1.29 is 9.18 Å². The minimum atomic E-state index is -0.226. The summed E-state index contributed by atoms with van der Waals surface area (Å²) in [5.41, 5.74) is 2.16. The van der Waals surface area contributed by atoms with E-state index < -0.39 is 0 Å². The van der Waals surface area contributed by atoms with Gasteiger partial charge in [-0.1, -0.05) is 49.4 Å². The van der Waals surface area contributed by atoms with Crippen molar-refractivity contribution >= 4 is 5.91 Å². The Morgan fingerprint density at radius 3 is 2.37 bits per heavy atom. The third kappa shape index (κ3) is 3.77. The molecule has 2 fully saturated rings. The lowest BCUT2D eigenvalue weighted by molar-refractivity contribution is -0.143. The van der Waals surface area contributed by atoms with Crippen LogP contribution in [0.3, 0.4) is 0 Å². The second-order valence-electron chi connectivity index (χ2n) is 8.35. The van der Waals surface area contributed by atoms with Crippen LogP contribution < -0.4 is 0 Å². The van der Waals surface area contributed by atoms with E-state index in [2.05, 4.69) is 47.9 Å². The molecule has 1 saturated carbocycles. The molecule has 0 radical (unpaired) electrons. The normalized spacial score (nSPS) is 24.6. The van der Waals surface area contributed by atoms with Crippen LogP contribution in [0.25, 0.3) is 0 Å². The number of benzene rings is 2. The Balaban J connectivity index is 1.61. The fourth-order valence-electron chi connectivity index (χ4n) is 4.07. The van der Waals surface area contributed by atoms with E-state index in [9.17, 15) is 9.18 Å². The molecule has 0 aromatic heterocycles. The second kappa shape index (κ2) is 7.08. The molecule has 0 bridgehead atoms. The molecule has 4 heteroatoms. The molecule has 0 spiro atoms. The summed E-state index contributed by atoms with van der Waals surface area (Å²) in [4.78, 5) is 17.5. The Bertz CT molecular complexity index is 801. The number of piperazine rings is 1. The highest BCUT2D eigenvalue weighted by Crippen LogP contribution is 2.47. The Morgan fingerprint density at radius 2 is 1.74 bits per heavy atom. The van der Waals surface area contributed by atoms with Crippen molar-refractivity contribution in [3.8, 4) is 0 Å². The summed E-state index contributed by atoms with van der Waals surface area (Å²) in [7, 11) is 0. The van der Waals surface area contributed by atoms with Crippen molar-refractivity contribution in [1.82, 2.24) is 9.80 Å². The molecule has 4 rings (SSSR count). The van der Waals surface area contributed by atoms with Crippen LogP contribution in [0.1, 0.15) is 43.9 Å². The highest BCUT2D eigenvalue weighted by atomic mass is 19.1. The van der Waals surface area contributed by atoms with Crippen LogP contribution in [0.2, 0.25) is 0 Å². The third-order valence-corrected chi connectivity index (χ3v) is 6.10. The van der Waals surface area contributed by atoms with Gasteiger partial charge in [0.1, 0.15) is 5.82 Å². The molecule has 2 atom stereocenters. The van der Waals surface area contributed by atoms with Crippen molar-refractivity contribution in [2.24, 2.45) is 5.41 Å². The van der Waals surface area contributed by atoms with Crippen molar-refractivity contribution in [3.63, 3.8) is 0 Å². The van der Waals surface area contributed by atoms with Crippen molar-refractivity contribution in [2.75, 3.05) is 13.1 Å². The molecule has 0 unspecified atom stereocenters. The Kier molecular flexibility index (Phi) is 4.77. The van der Waals surface area contributed by atoms with Crippen LogP contribution in [-0.2, 0) is 11.3 Å². The molecule has 2 aromatic carbocycles. The first-order valence-electron chi connectivity index (χ1n) is 9.81. The number of amides is 1. The van der Waals surface area contributed by atoms with Crippen LogP contribution in [0.5, 0.6) is 0 Å². The topological polar surface area (TPSA) is 23.6 Å². The van der Waals surface area contributed by atoms with Crippen LogP contribution in [0, 0.1) is 11.2 Å². The van der Waals surface area contributed by atoms with E-state index in [0.29, 0.717) is 6.54 Å². The first kappa shape index (κ1) is 18.2. The van der Waals surface area contributed by atoms with Gasteiger partial charge in [0.05, 0.1) is 6.04 Å². The molecule has 1 aliphatic carbocycles. The van der Waals surface area contributed by atoms with Gasteiger partial charge in [0.15, 0.2) is 0 Å². The van der Waals surface area contributed by atoms with Gasteiger partial charge in [-0.3, -0.25) is 9.69 Å². The summed E-state index contributed by atoms with van der Waals surface area (Å²) < 4.78 is 13.5. The van der Waals surface area contributed by atoms with E-state index >= 15 is 0 Å². The van der Waals surface area contributed by atoms with Crippen LogP contribution in [0.4, 0.5) is 4.39 Å². The molecule has 1 aliphatic heterocycles. The smallest absolute Gasteiger partial charge is 0.228 e. The van der Waals surface area contributed by atoms with Gasteiger partial charge in [-0.15, -0.1) is 0 Å². The van der Waals surface area contributed by atoms with E-state index in [4.69, 9.17) is 0 Å². The van der Waals surface area contributed by atoms with Gasteiger partial charge in [-0.05, 0) is 43.0 Å². The van der Waals surface area contributed by atoms with E-state index in [0.717, 1.165) is 31.5 Å². The summed E-state index contributed by atoms with van der Waals surface area (Å²) in [5.74, 6) is 0.0532. The highest BCUT2D eigenvalue weighted by Gasteiger charge is 2.49. The maximum atomic E-state index is 13.5. The lowest BCUT2D eigenvalue weighted by atomic mass is 9.96. The summed E-state index contributed by atoms with van der Waals surface area (Å²) in [6, 6.07) is 17.4. The van der Waals surface area contributed by atoms with E-state index in [1.807, 2.05) is 18.2 Å². The van der Waals surface area contributed by atoms with Gasteiger partial charge >= 0.3 is 0 Å². The predicted octanol–water partition coefficient (Wildman–Crippen LogP) is 4.40. The molecular weight excluding hydrogens is 339 g/mol. The second-order valence-corrected chi connectivity index (χ2v) is 8.35. The lowest BCUT2D eigenvalue weighted by Gasteiger charge is -2.46. The fourth-order valence-corrected chi connectivity index (χ4v) is 4.07. The number of hydrogen-bond acceptors (Lipinski definition) is 2. The molecule has 27 heavy (non-hydrogen) atoms. The zero-order valence-electron chi connectivity index (χ0n) is 16.1. The molecule has 2 aromatic rings. The van der Waals surface area contributed by atoms with Crippen LogP contribution >= 0.6 is 0 Å².